The van der Waals surface area contributed by atoms with Gasteiger partial charge in [-0.25, -0.2) is 13.4 Å². The number of anilines is 1. The minimum atomic E-state index is -3.27. The van der Waals surface area contributed by atoms with Crippen LogP contribution in [0, 0.1) is 0 Å². The molecule has 0 atom stereocenters. The highest BCUT2D eigenvalue weighted by atomic mass is 32.2. The van der Waals surface area contributed by atoms with E-state index in [0.717, 1.165) is 6.26 Å². The van der Waals surface area contributed by atoms with Crippen molar-refractivity contribution in [2.75, 3.05) is 12.0 Å². The van der Waals surface area contributed by atoms with Gasteiger partial charge in [0, 0.05) is 12.3 Å². The van der Waals surface area contributed by atoms with Crippen molar-refractivity contribution in [3.05, 3.63) is 24.3 Å². The largest absolute Gasteiger partial charge is 0.435 e. The highest BCUT2D eigenvalue weighted by molar-refractivity contribution is 7.90. The summed E-state index contributed by atoms with van der Waals surface area (Å²) >= 11 is 0. The maximum Gasteiger partial charge on any atom is 0.245 e. The second-order valence-corrected chi connectivity index (χ2v) is 6.14. The summed E-state index contributed by atoms with van der Waals surface area (Å²) in [4.78, 5) is 4.41. The van der Waals surface area contributed by atoms with Gasteiger partial charge in [0.25, 0.3) is 0 Å². The minimum Gasteiger partial charge on any atom is -0.435 e. The lowest BCUT2D eigenvalue weighted by Crippen LogP contribution is -1.95. The predicted octanol–water partition coefficient (Wildman–Crippen LogP) is 1.20. The molecule has 98 valence electrons. The van der Waals surface area contributed by atoms with Crippen molar-refractivity contribution in [1.29, 1.82) is 0 Å². The van der Waals surface area contributed by atoms with Crippen LogP contribution in [0.4, 0.5) is 5.82 Å². The van der Waals surface area contributed by atoms with Crippen LogP contribution in [0.2, 0.25) is 0 Å². The first-order chi connectivity index (χ1) is 8.93. The molecule has 0 saturated carbocycles. The number of nitrogens with one attached hydrogen (secondary N) is 1. The van der Waals surface area contributed by atoms with Gasteiger partial charge in [0.05, 0.1) is 4.90 Å². The molecule has 0 saturated heterocycles. The average Bonchev–Trinajstić information content (AvgIpc) is 2.92. The molecule has 2 heterocycles. The Hall–Kier alpha value is -2.35. The first-order valence-corrected chi connectivity index (χ1v) is 7.24. The van der Waals surface area contributed by atoms with E-state index in [9.17, 15) is 8.42 Å². The fourth-order valence-electron chi connectivity index (χ4n) is 1.70. The smallest absolute Gasteiger partial charge is 0.245 e. The number of nitrogen functional groups attached to an aromatic ring is 1. The molecule has 3 rings (SSSR count). The molecule has 8 heteroatoms. The number of rotatable bonds is 2. The topological polar surface area (TPSA) is 115 Å². The van der Waals surface area contributed by atoms with Crippen LogP contribution in [0.5, 0.6) is 0 Å². The summed E-state index contributed by atoms with van der Waals surface area (Å²) in [5.74, 6) is 0.638. The molecule has 7 nitrogen and oxygen atoms in total. The van der Waals surface area contributed by atoms with Gasteiger partial charge in [0.15, 0.2) is 15.4 Å². The third kappa shape index (κ3) is 2.06. The van der Waals surface area contributed by atoms with Crippen LogP contribution >= 0.6 is 0 Å². The molecule has 0 amide bonds. The van der Waals surface area contributed by atoms with Crippen LogP contribution in [0.3, 0.4) is 0 Å². The van der Waals surface area contributed by atoms with Crippen LogP contribution in [0.15, 0.2) is 33.6 Å². The van der Waals surface area contributed by atoms with Crippen LogP contribution in [0.1, 0.15) is 0 Å². The third-order valence-electron chi connectivity index (χ3n) is 2.62. The number of aromatic amines is 1. The zero-order valence-electron chi connectivity index (χ0n) is 9.91. The maximum atomic E-state index is 11.5. The molecule has 0 spiro atoms. The monoisotopic (exact) mass is 278 g/mol. The Kier molecular flexibility index (Phi) is 2.36. The second-order valence-electron chi connectivity index (χ2n) is 4.13. The highest BCUT2D eigenvalue weighted by Crippen LogP contribution is 2.25. The standard InChI is InChI=1S/C11H10N4O3S/c1-19(16,17)6-2-3-9-7(4-6)13-11(18-9)8-5-10(12)15-14-8/h2-5H,1H3,(H3,12,14,15). The molecular formula is C11H10N4O3S. The Morgan fingerprint density at radius 3 is 2.74 bits per heavy atom. The number of aromatic nitrogens is 3. The Bertz CT molecular complexity index is 863. The Morgan fingerprint density at radius 1 is 1.32 bits per heavy atom. The molecule has 3 N–H and O–H groups in total. The summed E-state index contributed by atoms with van der Waals surface area (Å²) in [6, 6.07) is 6.11. The average molecular weight is 278 g/mol. The van der Waals surface area contributed by atoms with E-state index in [0.29, 0.717) is 28.5 Å². The van der Waals surface area contributed by atoms with Gasteiger partial charge in [0.1, 0.15) is 17.0 Å². The number of fused-ring (bicyclic) bond motifs is 1. The van der Waals surface area contributed by atoms with Gasteiger partial charge in [-0.3, -0.25) is 5.10 Å². The van der Waals surface area contributed by atoms with Crippen molar-refractivity contribution in [2.24, 2.45) is 0 Å². The number of nitrogens with zero attached hydrogens (tertiary/aromatic N) is 2. The SMILES string of the molecule is CS(=O)(=O)c1ccc2oc(-c3cc(N)n[nH]3)nc2c1. The highest BCUT2D eigenvalue weighted by Gasteiger charge is 2.13. The van der Waals surface area contributed by atoms with Gasteiger partial charge in [-0.1, -0.05) is 0 Å². The van der Waals surface area contributed by atoms with E-state index in [1.165, 1.54) is 12.1 Å². The molecule has 0 aliphatic heterocycles. The molecule has 3 aromatic rings. The van der Waals surface area contributed by atoms with Gasteiger partial charge in [-0.15, -0.1) is 0 Å². The van der Waals surface area contributed by atoms with E-state index in [1.807, 2.05) is 0 Å². The lowest BCUT2D eigenvalue weighted by Gasteiger charge is -1.95. The fraction of sp³-hybridized carbons (Fsp3) is 0.0909. The molecule has 0 aliphatic rings. The van der Waals surface area contributed by atoms with Crippen molar-refractivity contribution in [2.45, 2.75) is 4.90 Å². The van der Waals surface area contributed by atoms with Crippen molar-refractivity contribution in [3.63, 3.8) is 0 Å². The number of benzene rings is 1. The van der Waals surface area contributed by atoms with Crippen LogP contribution < -0.4 is 5.73 Å². The Morgan fingerprint density at radius 2 is 2.11 bits per heavy atom. The van der Waals surface area contributed by atoms with Crippen LogP contribution in [-0.2, 0) is 9.84 Å². The molecule has 1 aromatic carbocycles. The molecular weight excluding hydrogens is 268 g/mol. The molecule has 0 bridgehead atoms. The molecule has 19 heavy (non-hydrogen) atoms. The summed E-state index contributed by atoms with van der Waals surface area (Å²) in [7, 11) is -3.27. The van der Waals surface area contributed by atoms with E-state index in [1.54, 1.807) is 12.1 Å². The summed E-state index contributed by atoms with van der Waals surface area (Å²) in [6.07, 6.45) is 1.14. The minimum absolute atomic E-state index is 0.198. The number of oxazole rings is 1. The van der Waals surface area contributed by atoms with Gasteiger partial charge in [-0.2, -0.15) is 5.10 Å². The fourth-order valence-corrected chi connectivity index (χ4v) is 2.34. The van der Waals surface area contributed by atoms with Crippen molar-refractivity contribution in [1.82, 2.24) is 15.2 Å². The zero-order chi connectivity index (χ0) is 13.6. The first-order valence-electron chi connectivity index (χ1n) is 5.35. The van der Waals surface area contributed by atoms with E-state index in [4.69, 9.17) is 10.2 Å². The van der Waals surface area contributed by atoms with E-state index >= 15 is 0 Å². The quantitative estimate of drug-likeness (QED) is 0.728. The number of hydrogen-bond acceptors (Lipinski definition) is 6. The number of H-pyrrole nitrogens is 1. The normalized spacial score (nSPS) is 12.1. The summed E-state index contributed by atoms with van der Waals surface area (Å²) in [5, 5.41) is 6.45. The lowest BCUT2D eigenvalue weighted by molar-refractivity contribution is 0.602. The van der Waals surface area contributed by atoms with Gasteiger partial charge in [-0.05, 0) is 18.2 Å². The Balaban J connectivity index is 2.16. The number of hydrogen-bond donors (Lipinski definition) is 2. The van der Waals surface area contributed by atoms with Crippen molar-refractivity contribution in [3.8, 4) is 11.6 Å². The van der Waals surface area contributed by atoms with Crippen molar-refractivity contribution < 1.29 is 12.8 Å². The zero-order valence-corrected chi connectivity index (χ0v) is 10.7. The second kappa shape index (κ2) is 3.82. The van der Waals surface area contributed by atoms with E-state index in [2.05, 4.69) is 15.2 Å². The van der Waals surface area contributed by atoms with Gasteiger partial charge in [0.2, 0.25) is 5.89 Å². The molecule has 0 aliphatic carbocycles. The molecule has 0 fully saturated rings. The summed E-state index contributed by atoms with van der Waals surface area (Å²) in [5.41, 5.74) is 7.00. The summed E-state index contributed by atoms with van der Waals surface area (Å²) < 4.78 is 28.4. The van der Waals surface area contributed by atoms with Gasteiger partial charge >= 0.3 is 0 Å². The van der Waals surface area contributed by atoms with Crippen molar-refractivity contribution >= 4 is 26.8 Å². The van der Waals surface area contributed by atoms with Gasteiger partial charge < -0.3 is 10.2 Å². The van der Waals surface area contributed by atoms with Crippen LogP contribution in [-0.4, -0.2) is 29.9 Å². The number of nitrogens with two attached hydrogens (primary N) is 1. The molecule has 0 unspecified atom stereocenters. The summed E-state index contributed by atoms with van der Waals surface area (Å²) in [6.45, 7) is 0. The van der Waals surface area contributed by atoms with Crippen LogP contribution in [0.25, 0.3) is 22.7 Å². The van der Waals surface area contributed by atoms with E-state index < -0.39 is 9.84 Å². The Labute approximate surface area is 108 Å². The van der Waals surface area contributed by atoms with E-state index in [-0.39, 0.29) is 4.90 Å². The predicted molar refractivity (Wildman–Crippen MR) is 69.1 cm³/mol. The molecule has 2 aromatic heterocycles. The molecule has 0 radical (unpaired) electrons. The first kappa shape index (κ1) is 11.7. The lowest BCUT2D eigenvalue weighted by atomic mass is 10.3. The number of sulfone groups is 1. The maximum absolute atomic E-state index is 11.5. The third-order valence-corrected chi connectivity index (χ3v) is 3.73.